The first-order chi connectivity index (χ1) is 5.54. The minimum Gasteiger partial charge on any atom is -0.377 e. The van der Waals surface area contributed by atoms with Gasteiger partial charge in [0.25, 0.3) is 0 Å². The van der Waals surface area contributed by atoms with E-state index in [1.54, 1.807) is 0 Å². The smallest absolute Gasteiger partial charge is 0.377 e. The van der Waals surface area contributed by atoms with Crippen molar-refractivity contribution >= 4 is 0 Å². The van der Waals surface area contributed by atoms with Gasteiger partial charge < -0.3 is 5.32 Å². The van der Waals surface area contributed by atoms with Crippen LogP contribution in [0.25, 0.3) is 0 Å². The highest BCUT2D eigenvalue weighted by Gasteiger charge is 2.37. The van der Waals surface area contributed by atoms with E-state index < -0.39 is 12.2 Å². The van der Waals surface area contributed by atoms with Crippen molar-refractivity contribution in [3.05, 3.63) is 23.9 Å². The second kappa shape index (κ2) is 3.21. The zero-order valence-electron chi connectivity index (χ0n) is 6.65. The molecule has 1 aliphatic rings. The van der Waals surface area contributed by atoms with Crippen LogP contribution < -0.4 is 5.32 Å². The molecule has 1 rings (SSSR count). The summed E-state index contributed by atoms with van der Waals surface area (Å²) in [5, 5.41) is 2.29. The lowest BCUT2D eigenvalue weighted by Crippen LogP contribution is -2.39. The summed E-state index contributed by atoms with van der Waals surface area (Å²) in [6.07, 6.45) is 0.617. The molecule has 1 nitrogen and oxygen atoms in total. The molecule has 0 aromatic carbocycles. The van der Waals surface area contributed by atoms with Crippen molar-refractivity contribution in [1.82, 2.24) is 5.32 Å². The number of nitrogens with one attached hydrogen (secondary N) is 1. The largest absolute Gasteiger partial charge is 0.412 e. The van der Waals surface area contributed by atoms with Crippen molar-refractivity contribution in [2.75, 3.05) is 0 Å². The second-order valence-electron chi connectivity index (χ2n) is 2.62. The molecule has 4 heteroatoms. The van der Waals surface area contributed by atoms with Crippen LogP contribution in [0.2, 0.25) is 0 Å². The average Bonchev–Trinajstić information content (AvgIpc) is 2.03. The molecule has 0 amide bonds. The molecule has 1 heterocycles. The van der Waals surface area contributed by atoms with Crippen LogP contribution in [0.15, 0.2) is 23.9 Å². The number of hydrogen-bond donors (Lipinski definition) is 1. The maximum atomic E-state index is 12.0. The van der Waals surface area contributed by atoms with Crippen molar-refractivity contribution in [3.8, 4) is 0 Å². The molecule has 0 saturated heterocycles. The summed E-state index contributed by atoms with van der Waals surface area (Å²) in [6, 6.07) is -1.52. The van der Waals surface area contributed by atoms with E-state index in [0.29, 0.717) is 0 Å². The monoisotopic (exact) mass is 177 g/mol. The Hall–Kier alpha value is -0.930. The highest BCUT2D eigenvalue weighted by molar-refractivity contribution is 5.24. The molecule has 0 aliphatic carbocycles. The van der Waals surface area contributed by atoms with Gasteiger partial charge in [-0.2, -0.15) is 13.2 Å². The van der Waals surface area contributed by atoms with Crippen LogP contribution in [-0.4, -0.2) is 12.2 Å². The summed E-state index contributed by atoms with van der Waals surface area (Å²) in [5.41, 5.74) is 0.885. The molecule has 0 saturated carbocycles. The summed E-state index contributed by atoms with van der Waals surface area (Å²) >= 11 is 0. The van der Waals surface area contributed by atoms with E-state index in [9.17, 15) is 13.2 Å². The zero-order valence-corrected chi connectivity index (χ0v) is 6.65. The normalized spacial score (nSPS) is 23.3. The lowest BCUT2D eigenvalue weighted by Gasteiger charge is -2.20. The van der Waals surface area contributed by atoms with Gasteiger partial charge in [0.15, 0.2) is 0 Å². The molecule has 1 unspecified atom stereocenters. The summed E-state index contributed by atoms with van der Waals surface area (Å²) in [7, 11) is 0. The molecule has 0 spiro atoms. The van der Waals surface area contributed by atoms with Gasteiger partial charge in [-0.05, 0) is 12.0 Å². The lowest BCUT2D eigenvalue weighted by molar-refractivity contribution is -0.142. The third-order valence-corrected chi connectivity index (χ3v) is 1.71. The van der Waals surface area contributed by atoms with E-state index in [-0.39, 0.29) is 0 Å². The SMILES string of the molecule is CCC1=CNC(C(F)(F)F)C=C1. The van der Waals surface area contributed by atoms with Crippen molar-refractivity contribution in [3.63, 3.8) is 0 Å². The van der Waals surface area contributed by atoms with Gasteiger partial charge >= 0.3 is 6.18 Å². The van der Waals surface area contributed by atoms with Gasteiger partial charge in [-0.15, -0.1) is 0 Å². The van der Waals surface area contributed by atoms with Crippen LogP contribution in [0.3, 0.4) is 0 Å². The number of halogens is 3. The average molecular weight is 177 g/mol. The first-order valence-corrected chi connectivity index (χ1v) is 3.74. The third-order valence-electron chi connectivity index (χ3n) is 1.71. The number of rotatable bonds is 1. The molecule has 0 radical (unpaired) electrons. The summed E-state index contributed by atoms with van der Waals surface area (Å²) in [4.78, 5) is 0. The Bertz CT molecular complexity index is 215. The molecule has 0 aromatic rings. The van der Waals surface area contributed by atoms with E-state index in [0.717, 1.165) is 18.1 Å². The summed E-state index contributed by atoms with van der Waals surface area (Å²) < 4.78 is 36.1. The summed E-state index contributed by atoms with van der Waals surface area (Å²) in [5.74, 6) is 0. The molecule has 12 heavy (non-hydrogen) atoms. The second-order valence-corrected chi connectivity index (χ2v) is 2.62. The Labute approximate surface area is 69.0 Å². The van der Waals surface area contributed by atoms with Crippen LogP contribution in [-0.2, 0) is 0 Å². The fraction of sp³-hybridized carbons (Fsp3) is 0.500. The number of alkyl halides is 3. The van der Waals surface area contributed by atoms with E-state index in [2.05, 4.69) is 5.32 Å². The highest BCUT2D eigenvalue weighted by atomic mass is 19.4. The lowest BCUT2D eigenvalue weighted by atomic mass is 10.1. The molecular weight excluding hydrogens is 167 g/mol. The molecular formula is C8H10F3N. The first-order valence-electron chi connectivity index (χ1n) is 3.74. The fourth-order valence-electron chi connectivity index (χ4n) is 0.944. The number of allylic oxidation sites excluding steroid dienone is 2. The van der Waals surface area contributed by atoms with Crippen LogP contribution >= 0.6 is 0 Å². The quantitative estimate of drug-likeness (QED) is 0.648. The predicted molar refractivity (Wildman–Crippen MR) is 40.5 cm³/mol. The predicted octanol–water partition coefficient (Wildman–Crippen LogP) is 2.37. The van der Waals surface area contributed by atoms with Gasteiger partial charge in [-0.3, -0.25) is 0 Å². The van der Waals surface area contributed by atoms with E-state index >= 15 is 0 Å². The van der Waals surface area contributed by atoms with Gasteiger partial charge in [0, 0.05) is 6.20 Å². The van der Waals surface area contributed by atoms with Crippen molar-refractivity contribution < 1.29 is 13.2 Å². The molecule has 1 atom stereocenters. The Balaban J connectivity index is 2.60. The third kappa shape index (κ3) is 2.03. The van der Waals surface area contributed by atoms with Gasteiger partial charge in [0.1, 0.15) is 6.04 Å². The number of hydrogen-bond acceptors (Lipinski definition) is 1. The van der Waals surface area contributed by atoms with E-state index in [4.69, 9.17) is 0 Å². The van der Waals surface area contributed by atoms with Gasteiger partial charge in [-0.1, -0.05) is 19.1 Å². The first kappa shape index (κ1) is 9.16. The minimum atomic E-state index is -4.19. The fourth-order valence-corrected chi connectivity index (χ4v) is 0.944. The van der Waals surface area contributed by atoms with Crippen molar-refractivity contribution in [1.29, 1.82) is 0 Å². The van der Waals surface area contributed by atoms with Gasteiger partial charge in [0.2, 0.25) is 0 Å². The molecule has 1 N–H and O–H groups in total. The van der Waals surface area contributed by atoms with Crippen LogP contribution in [0.1, 0.15) is 13.3 Å². The van der Waals surface area contributed by atoms with E-state index in [1.807, 2.05) is 6.92 Å². The van der Waals surface area contributed by atoms with E-state index in [1.165, 1.54) is 12.3 Å². The Morgan fingerprint density at radius 3 is 2.50 bits per heavy atom. The number of dihydropyridines is 1. The van der Waals surface area contributed by atoms with Crippen molar-refractivity contribution in [2.45, 2.75) is 25.6 Å². The van der Waals surface area contributed by atoms with Gasteiger partial charge in [-0.25, -0.2) is 0 Å². The Morgan fingerprint density at radius 1 is 1.50 bits per heavy atom. The standard InChI is InChI=1S/C8H10F3N/c1-2-6-3-4-7(12-5-6)8(9,10)11/h3-5,7,12H,2H2,1H3. The summed E-state index contributed by atoms with van der Waals surface area (Å²) in [6.45, 7) is 1.89. The van der Waals surface area contributed by atoms with Crippen LogP contribution in [0, 0.1) is 0 Å². The van der Waals surface area contributed by atoms with Crippen LogP contribution in [0.5, 0.6) is 0 Å². The minimum absolute atomic E-state index is 0.744. The van der Waals surface area contributed by atoms with Gasteiger partial charge in [0.05, 0.1) is 0 Å². The molecule has 0 aromatic heterocycles. The Kier molecular flexibility index (Phi) is 2.45. The Morgan fingerprint density at radius 2 is 2.17 bits per heavy atom. The topological polar surface area (TPSA) is 12.0 Å². The molecule has 0 fully saturated rings. The maximum absolute atomic E-state index is 12.0. The molecule has 0 bridgehead atoms. The zero-order chi connectivity index (χ0) is 9.19. The molecule has 1 aliphatic heterocycles. The highest BCUT2D eigenvalue weighted by Crippen LogP contribution is 2.23. The van der Waals surface area contributed by atoms with Crippen molar-refractivity contribution in [2.24, 2.45) is 0 Å². The molecule has 68 valence electrons. The van der Waals surface area contributed by atoms with Crippen LogP contribution in [0.4, 0.5) is 13.2 Å². The maximum Gasteiger partial charge on any atom is 0.412 e.